The zero-order chi connectivity index (χ0) is 30.7. The molecule has 1 atom stereocenters. The Bertz CT molecular complexity index is 1700. The maximum atomic E-state index is 14.5. The van der Waals surface area contributed by atoms with Crippen molar-refractivity contribution in [2.45, 2.75) is 52.5 Å². The van der Waals surface area contributed by atoms with Crippen LogP contribution in [0.25, 0.3) is 17.8 Å². The SMILES string of the molecule is Cc1ccc(/C=C/c2ccc(-n3nc(C(C)(C)C)cc3CNC(=O)C(C)c3ccc(NS(C)(=O)=O)c(F)c3)cc2)cc1. The number of benzene rings is 3. The topological polar surface area (TPSA) is 93.1 Å². The van der Waals surface area contributed by atoms with Crippen molar-refractivity contribution in [1.29, 1.82) is 0 Å². The number of sulfonamides is 1. The summed E-state index contributed by atoms with van der Waals surface area (Å²) in [6.45, 7) is 10.2. The van der Waals surface area contributed by atoms with Gasteiger partial charge in [0, 0.05) is 5.41 Å². The zero-order valence-electron chi connectivity index (χ0n) is 24.8. The highest BCUT2D eigenvalue weighted by Crippen LogP contribution is 2.25. The first-order valence-electron chi connectivity index (χ1n) is 13.7. The summed E-state index contributed by atoms with van der Waals surface area (Å²) in [6, 6.07) is 22.4. The van der Waals surface area contributed by atoms with Crippen molar-refractivity contribution >= 4 is 33.8 Å². The Morgan fingerprint density at radius 3 is 2.12 bits per heavy atom. The fraction of sp³-hybridized carbons (Fsp3) is 0.273. The van der Waals surface area contributed by atoms with Crippen LogP contribution in [-0.2, 0) is 26.8 Å². The molecule has 0 aliphatic rings. The molecular formula is C33H37FN4O3S. The molecule has 42 heavy (non-hydrogen) atoms. The van der Waals surface area contributed by atoms with Crippen molar-refractivity contribution in [1.82, 2.24) is 15.1 Å². The van der Waals surface area contributed by atoms with Crippen LogP contribution < -0.4 is 10.0 Å². The van der Waals surface area contributed by atoms with Crippen LogP contribution in [0.2, 0.25) is 0 Å². The molecule has 3 aromatic carbocycles. The molecular weight excluding hydrogens is 551 g/mol. The number of aromatic nitrogens is 2. The van der Waals surface area contributed by atoms with Gasteiger partial charge in [0.15, 0.2) is 0 Å². The van der Waals surface area contributed by atoms with E-state index < -0.39 is 21.8 Å². The molecule has 2 N–H and O–H groups in total. The molecule has 9 heteroatoms. The molecule has 1 aromatic heterocycles. The number of halogens is 1. The predicted octanol–water partition coefficient (Wildman–Crippen LogP) is 6.58. The van der Waals surface area contributed by atoms with Crippen LogP contribution in [-0.4, -0.2) is 30.4 Å². The van der Waals surface area contributed by atoms with E-state index in [4.69, 9.17) is 5.10 Å². The molecule has 0 saturated heterocycles. The fourth-order valence-electron chi connectivity index (χ4n) is 4.30. The number of hydrogen-bond donors (Lipinski definition) is 2. The average Bonchev–Trinajstić information content (AvgIpc) is 3.37. The van der Waals surface area contributed by atoms with Gasteiger partial charge in [-0.25, -0.2) is 17.5 Å². The van der Waals surface area contributed by atoms with E-state index in [0.717, 1.165) is 34.5 Å². The lowest BCUT2D eigenvalue weighted by molar-refractivity contribution is -0.122. The van der Waals surface area contributed by atoms with E-state index in [0.29, 0.717) is 5.56 Å². The minimum Gasteiger partial charge on any atom is -0.350 e. The van der Waals surface area contributed by atoms with E-state index in [2.05, 4.69) is 74.2 Å². The van der Waals surface area contributed by atoms with Crippen LogP contribution in [0.15, 0.2) is 72.8 Å². The normalized spacial score (nSPS) is 12.8. The Morgan fingerprint density at radius 1 is 0.976 bits per heavy atom. The molecule has 1 unspecified atom stereocenters. The van der Waals surface area contributed by atoms with Gasteiger partial charge in [-0.05, 0) is 60.9 Å². The molecule has 1 amide bonds. The summed E-state index contributed by atoms with van der Waals surface area (Å²) in [5.74, 6) is -1.70. The molecule has 0 bridgehead atoms. The zero-order valence-corrected chi connectivity index (χ0v) is 25.6. The van der Waals surface area contributed by atoms with Crippen molar-refractivity contribution in [2.75, 3.05) is 11.0 Å². The van der Waals surface area contributed by atoms with E-state index in [1.807, 2.05) is 35.0 Å². The van der Waals surface area contributed by atoms with Gasteiger partial charge in [0.1, 0.15) is 5.82 Å². The number of anilines is 1. The van der Waals surface area contributed by atoms with Crippen molar-refractivity contribution in [2.24, 2.45) is 0 Å². The third kappa shape index (κ3) is 7.94. The lowest BCUT2D eigenvalue weighted by Gasteiger charge is -2.15. The van der Waals surface area contributed by atoms with E-state index >= 15 is 0 Å². The van der Waals surface area contributed by atoms with Crippen molar-refractivity contribution in [3.8, 4) is 5.69 Å². The van der Waals surface area contributed by atoms with Crippen LogP contribution >= 0.6 is 0 Å². The quantitative estimate of drug-likeness (QED) is 0.216. The van der Waals surface area contributed by atoms with Gasteiger partial charge in [-0.2, -0.15) is 5.10 Å². The van der Waals surface area contributed by atoms with Gasteiger partial charge in [-0.3, -0.25) is 9.52 Å². The molecule has 0 saturated carbocycles. The molecule has 4 rings (SSSR count). The maximum absolute atomic E-state index is 14.5. The van der Waals surface area contributed by atoms with Gasteiger partial charge < -0.3 is 5.32 Å². The van der Waals surface area contributed by atoms with Crippen LogP contribution in [0.1, 0.15) is 67.3 Å². The average molecular weight is 589 g/mol. The van der Waals surface area contributed by atoms with Crippen molar-refractivity contribution < 1.29 is 17.6 Å². The van der Waals surface area contributed by atoms with Gasteiger partial charge in [0.2, 0.25) is 15.9 Å². The first-order valence-corrected chi connectivity index (χ1v) is 15.6. The molecule has 0 radical (unpaired) electrons. The Morgan fingerprint density at radius 2 is 1.57 bits per heavy atom. The van der Waals surface area contributed by atoms with Crippen LogP contribution in [0.4, 0.5) is 10.1 Å². The van der Waals surface area contributed by atoms with Crippen LogP contribution in [0.3, 0.4) is 0 Å². The summed E-state index contributed by atoms with van der Waals surface area (Å²) in [5.41, 5.74) is 6.03. The van der Waals surface area contributed by atoms with E-state index in [9.17, 15) is 17.6 Å². The third-order valence-corrected chi connectivity index (χ3v) is 7.45. The Hall–Kier alpha value is -4.24. The van der Waals surface area contributed by atoms with Gasteiger partial charge in [0.05, 0.1) is 41.5 Å². The maximum Gasteiger partial charge on any atom is 0.229 e. The molecule has 0 aliphatic heterocycles. The number of aryl methyl sites for hydroxylation is 1. The second-order valence-electron chi connectivity index (χ2n) is 11.6. The highest BCUT2D eigenvalue weighted by molar-refractivity contribution is 7.92. The summed E-state index contributed by atoms with van der Waals surface area (Å²) in [7, 11) is -3.62. The molecule has 0 aliphatic carbocycles. The number of carbonyl (C=O) groups excluding carboxylic acids is 1. The monoisotopic (exact) mass is 588 g/mol. The number of amides is 1. The van der Waals surface area contributed by atoms with Gasteiger partial charge in [0.25, 0.3) is 0 Å². The van der Waals surface area contributed by atoms with Crippen molar-refractivity contribution in [3.63, 3.8) is 0 Å². The Balaban J connectivity index is 1.50. The van der Waals surface area contributed by atoms with E-state index in [-0.39, 0.29) is 23.6 Å². The number of carbonyl (C=O) groups is 1. The molecule has 7 nitrogen and oxygen atoms in total. The highest BCUT2D eigenvalue weighted by atomic mass is 32.2. The first kappa shape index (κ1) is 30.7. The van der Waals surface area contributed by atoms with Crippen molar-refractivity contribution in [3.05, 3.63) is 112 Å². The molecule has 220 valence electrons. The lowest BCUT2D eigenvalue weighted by atomic mass is 9.92. The van der Waals surface area contributed by atoms with Gasteiger partial charge in [-0.1, -0.05) is 81.0 Å². The predicted molar refractivity (Wildman–Crippen MR) is 167 cm³/mol. The minimum absolute atomic E-state index is 0.163. The second-order valence-corrected chi connectivity index (χ2v) is 13.3. The summed E-state index contributed by atoms with van der Waals surface area (Å²) in [6.07, 6.45) is 5.08. The summed E-state index contributed by atoms with van der Waals surface area (Å²) in [4.78, 5) is 13.1. The lowest BCUT2D eigenvalue weighted by Crippen LogP contribution is -2.28. The molecule has 1 heterocycles. The standard InChI is InChI=1S/C33H37FN4O3S/c1-22-7-9-24(10-8-22)11-12-25-13-16-27(17-14-25)38-28(20-31(36-38)33(3,4)5)21-35-32(39)23(2)26-15-18-30(29(34)19-26)37-42(6,40)41/h7-20,23,37H,21H2,1-6H3,(H,35,39)/b12-11+. The summed E-state index contributed by atoms with van der Waals surface area (Å²) in [5, 5.41) is 7.81. The molecule has 4 aromatic rings. The van der Waals surface area contributed by atoms with Crippen LogP contribution in [0, 0.1) is 12.7 Å². The summed E-state index contributed by atoms with van der Waals surface area (Å²) < 4.78 is 41.4. The molecule has 0 spiro atoms. The Labute approximate surface area is 247 Å². The number of nitrogens with one attached hydrogen (secondary N) is 2. The van der Waals surface area contributed by atoms with E-state index in [1.54, 1.807) is 6.92 Å². The minimum atomic E-state index is -3.62. The fourth-order valence-corrected chi connectivity index (χ4v) is 4.86. The number of nitrogens with zero attached hydrogens (tertiary/aromatic N) is 2. The largest absolute Gasteiger partial charge is 0.350 e. The second kappa shape index (κ2) is 12.3. The smallest absolute Gasteiger partial charge is 0.229 e. The Kier molecular flexibility index (Phi) is 9.01. The van der Waals surface area contributed by atoms with Gasteiger partial charge >= 0.3 is 0 Å². The first-order chi connectivity index (χ1) is 19.7. The highest BCUT2D eigenvalue weighted by Gasteiger charge is 2.22. The number of hydrogen-bond acceptors (Lipinski definition) is 4. The van der Waals surface area contributed by atoms with Crippen LogP contribution in [0.5, 0.6) is 0 Å². The number of rotatable bonds is 9. The van der Waals surface area contributed by atoms with E-state index in [1.165, 1.54) is 23.8 Å². The van der Waals surface area contributed by atoms with Gasteiger partial charge in [-0.15, -0.1) is 0 Å². The molecule has 0 fully saturated rings. The summed E-state index contributed by atoms with van der Waals surface area (Å²) >= 11 is 0. The third-order valence-electron chi connectivity index (χ3n) is 6.86.